The lowest BCUT2D eigenvalue weighted by Gasteiger charge is -2.38. The average Bonchev–Trinajstić information content (AvgIpc) is 3.53. The summed E-state index contributed by atoms with van der Waals surface area (Å²) in [6, 6.07) is 13.1. The number of hydrogen-bond acceptors (Lipinski definition) is 6. The molecule has 3 aromatic rings. The number of halogens is 1. The number of benzene rings is 2. The molecule has 0 spiro atoms. The first kappa shape index (κ1) is 21.9. The van der Waals surface area contributed by atoms with Crippen molar-refractivity contribution in [3.63, 3.8) is 0 Å². The Bertz CT molecular complexity index is 1210. The predicted octanol–water partition coefficient (Wildman–Crippen LogP) is 3.29. The van der Waals surface area contributed by atoms with Gasteiger partial charge in [0, 0.05) is 0 Å². The normalized spacial score (nSPS) is 25.1. The molecule has 170 valence electrons. The molecular weight excluding hydrogens is 441 g/mol. The molecule has 3 unspecified atom stereocenters. The monoisotopic (exact) mass is 465 g/mol. The lowest BCUT2D eigenvalue weighted by Crippen LogP contribution is -2.63. The van der Waals surface area contributed by atoms with Gasteiger partial charge in [0.25, 0.3) is 5.78 Å². The van der Waals surface area contributed by atoms with Crippen LogP contribution in [0.15, 0.2) is 48.5 Å². The molecule has 0 radical (unpaired) electrons. The summed E-state index contributed by atoms with van der Waals surface area (Å²) in [5, 5.41) is 3.38. The van der Waals surface area contributed by atoms with E-state index in [4.69, 9.17) is 5.73 Å². The molecule has 4 atom stereocenters. The number of ketones is 2. The van der Waals surface area contributed by atoms with E-state index in [0.717, 1.165) is 35.3 Å². The highest BCUT2D eigenvalue weighted by atomic mass is 32.1. The van der Waals surface area contributed by atoms with E-state index in [0.29, 0.717) is 17.6 Å². The highest BCUT2D eigenvalue weighted by molar-refractivity contribution is 7.21. The Balaban J connectivity index is 1.56. The Morgan fingerprint density at radius 3 is 2.64 bits per heavy atom. The van der Waals surface area contributed by atoms with Gasteiger partial charge in [0.2, 0.25) is 11.7 Å². The summed E-state index contributed by atoms with van der Waals surface area (Å²) in [6.45, 7) is 0.579. The first-order chi connectivity index (χ1) is 15.9. The average molecular weight is 466 g/mol. The van der Waals surface area contributed by atoms with Gasteiger partial charge in [-0.05, 0) is 67.5 Å². The molecular formula is C25H24FN3O3S. The summed E-state index contributed by atoms with van der Waals surface area (Å²) in [6.07, 6.45) is 2.78. The maximum atomic E-state index is 13.8. The van der Waals surface area contributed by atoms with Gasteiger partial charge in [0.1, 0.15) is 11.4 Å². The van der Waals surface area contributed by atoms with Gasteiger partial charge >= 0.3 is 0 Å². The van der Waals surface area contributed by atoms with Gasteiger partial charge < -0.3 is 11.1 Å². The number of hydrogen-bond donors (Lipinski definition) is 2. The number of rotatable bonds is 7. The Kier molecular flexibility index (Phi) is 5.58. The van der Waals surface area contributed by atoms with Gasteiger partial charge in [0.05, 0.1) is 16.1 Å². The zero-order valence-corrected chi connectivity index (χ0v) is 18.7. The minimum atomic E-state index is -1.32. The largest absolute Gasteiger partial charge is 0.368 e. The second kappa shape index (κ2) is 8.43. The molecule has 2 heterocycles. The van der Waals surface area contributed by atoms with E-state index >= 15 is 0 Å². The second-order valence-electron chi connectivity index (χ2n) is 8.97. The van der Waals surface area contributed by atoms with Crippen LogP contribution in [0.5, 0.6) is 0 Å². The predicted molar refractivity (Wildman–Crippen MR) is 123 cm³/mol. The molecule has 2 aliphatic rings. The van der Waals surface area contributed by atoms with Crippen molar-refractivity contribution in [2.45, 2.75) is 31.2 Å². The van der Waals surface area contributed by atoms with Gasteiger partial charge in [-0.2, -0.15) is 0 Å². The SMILES string of the molecule is NC(=O)C1([C@H](Cc2ccc(F)cc2)C(=O)C(=O)c2nc3ccccc3s2)NCC2CCCC21. The van der Waals surface area contributed by atoms with E-state index in [1.807, 2.05) is 18.2 Å². The molecule has 8 heteroatoms. The Morgan fingerprint density at radius 2 is 1.91 bits per heavy atom. The molecule has 2 fully saturated rings. The highest BCUT2D eigenvalue weighted by Gasteiger charge is 2.60. The number of para-hydroxylation sites is 1. The summed E-state index contributed by atoms with van der Waals surface area (Å²) in [5.41, 5.74) is 5.96. The summed E-state index contributed by atoms with van der Waals surface area (Å²) in [4.78, 5) is 44.5. The highest BCUT2D eigenvalue weighted by Crippen LogP contribution is 2.48. The maximum absolute atomic E-state index is 13.8. The van der Waals surface area contributed by atoms with Crippen molar-refractivity contribution >= 4 is 39.0 Å². The summed E-state index contributed by atoms with van der Waals surface area (Å²) in [5.74, 6) is -3.30. The maximum Gasteiger partial charge on any atom is 0.257 e. The first-order valence-electron chi connectivity index (χ1n) is 11.1. The minimum absolute atomic E-state index is 0.103. The van der Waals surface area contributed by atoms with Crippen molar-refractivity contribution < 1.29 is 18.8 Å². The standard InChI is InChI=1S/C25H24FN3O3S/c26-16-10-8-14(9-11-16)12-18(25(24(27)32)17-5-3-4-15(17)13-28-25)21(30)22(31)23-29-19-6-1-2-7-20(19)33-23/h1-2,6-11,15,17-18,28H,3-5,12-13H2,(H2,27,32)/t15?,17?,18-,25?/m1/s1. The topological polar surface area (TPSA) is 102 Å². The zero-order chi connectivity index (χ0) is 23.2. The molecule has 6 nitrogen and oxygen atoms in total. The van der Waals surface area contributed by atoms with Crippen LogP contribution in [0.4, 0.5) is 4.39 Å². The lowest BCUT2D eigenvalue weighted by molar-refractivity contribution is -0.134. The third-order valence-corrected chi connectivity index (χ3v) is 8.27. The zero-order valence-electron chi connectivity index (χ0n) is 17.9. The number of Topliss-reactive ketones (excluding diaryl/α,β-unsaturated/α-hetero) is 2. The van der Waals surface area contributed by atoms with Crippen LogP contribution in [0.2, 0.25) is 0 Å². The van der Waals surface area contributed by atoms with E-state index in [2.05, 4.69) is 10.3 Å². The number of carbonyl (C=O) groups excluding carboxylic acids is 3. The minimum Gasteiger partial charge on any atom is -0.368 e. The van der Waals surface area contributed by atoms with E-state index in [9.17, 15) is 18.8 Å². The molecule has 5 rings (SSSR count). The number of fused-ring (bicyclic) bond motifs is 2. The number of nitrogens with zero attached hydrogens (tertiary/aromatic N) is 1. The van der Waals surface area contributed by atoms with Crippen LogP contribution in [0.1, 0.15) is 34.6 Å². The number of amides is 1. The fourth-order valence-electron chi connectivity index (χ4n) is 5.68. The van der Waals surface area contributed by atoms with Gasteiger partial charge in [-0.1, -0.05) is 30.7 Å². The van der Waals surface area contributed by atoms with Gasteiger partial charge in [0.15, 0.2) is 5.01 Å². The van der Waals surface area contributed by atoms with Crippen molar-refractivity contribution in [3.8, 4) is 0 Å². The molecule has 1 aromatic heterocycles. The Labute approximate surface area is 194 Å². The van der Waals surface area contributed by atoms with Gasteiger partial charge in [-0.25, -0.2) is 9.37 Å². The van der Waals surface area contributed by atoms with Crippen molar-refractivity contribution in [2.24, 2.45) is 23.5 Å². The summed E-state index contributed by atoms with van der Waals surface area (Å²) >= 11 is 1.16. The smallest absolute Gasteiger partial charge is 0.257 e. The van der Waals surface area contributed by atoms with Crippen molar-refractivity contribution in [3.05, 3.63) is 64.9 Å². The van der Waals surface area contributed by atoms with E-state index < -0.39 is 34.7 Å². The van der Waals surface area contributed by atoms with Crippen LogP contribution in [-0.4, -0.2) is 34.5 Å². The van der Waals surface area contributed by atoms with E-state index in [1.165, 1.54) is 12.1 Å². The number of nitrogens with one attached hydrogen (secondary N) is 1. The number of primary amides is 1. The molecule has 1 saturated heterocycles. The fraction of sp³-hybridized carbons (Fsp3) is 0.360. The number of aromatic nitrogens is 1. The molecule has 0 bridgehead atoms. The van der Waals surface area contributed by atoms with Crippen molar-refractivity contribution in [2.75, 3.05) is 6.54 Å². The molecule has 1 amide bonds. The van der Waals surface area contributed by atoms with Crippen LogP contribution < -0.4 is 11.1 Å². The van der Waals surface area contributed by atoms with E-state index in [-0.39, 0.29) is 23.3 Å². The van der Waals surface area contributed by atoms with Crippen LogP contribution in [0, 0.1) is 23.6 Å². The van der Waals surface area contributed by atoms with Crippen LogP contribution >= 0.6 is 11.3 Å². The third-order valence-electron chi connectivity index (χ3n) is 7.24. The lowest BCUT2D eigenvalue weighted by atomic mass is 9.68. The van der Waals surface area contributed by atoms with E-state index in [1.54, 1.807) is 18.2 Å². The first-order valence-corrected chi connectivity index (χ1v) is 12.0. The number of nitrogens with two attached hydrogens (primary N) is 1. The van der Waals surface area contributed by atoms with Crippen LogP contribution in [0.3, 0.4) is 0 Å². The molecule has 3 N–H and O–H groups in total. The molecule has 1 aliphatic heterocycles. The molecule has 2 aromatic carbocycles. The third kappa shape index (κ3) is 3.67. The molecule has 1 aliphatic carbocycles. The Morgan fingerprint density at radius 1 is 1.15 bits per heavy atom. The molecule has 1 saturated carbocycles. The summed E-state index contributed by atoms with van der Waals surface area (Å²) in [7, 11) is 0. The van der Waals surface area contributed by atoms with Gasteiger partial charge in [-0.3, -0.25) is 14.4 Å². The molecule has 33 heavy (non-hydrogen) atoms. The summed E-state index contributed by atoms with van der Waals surface area (Å²) < 4.78 is 14.3. The second-order valence-corrected chi connectivity index (χ2v) is 10.0. The fourth-order valence-corrected chi connectivity index (χ4v) is 6.59. The number of carbonyl (C=O) groups is 3. The quantitative estimate of drug-likeness (QED) is 0.412. The van der Waals surface area contributed by atoms with Crippen LogP contribution in [0.25, 0.3) is 10.2 Å². The van der Waals surface area contributed by atoms with Crippen molar-refractivity contribution in [1.82, 2.24) is 10.3 Å². The van der Waals surface area contributed by atoms with Crippen LogP contribution in [-0.2, 0) is 16.0 Å². The Hall–Kier alpha value is -2.97. The van der Waals surface area contributed by atoms with Gasteiger partial charge in [-0.15, -0.1) is 11.3 Å². The number of thiazole rings is 1. The van der Waals surface area contributed by atoms with Crippen molar-refractivity contribution in [1.29, 1.82) is 0 Å².